The highest BCUT2D eigenvalue weighted by Crippen LogP contribution is 2.16. The molecule has 0 aromatic rings. The van der Waals surface area contributed by atoms with Gasteiger partial charge >= 0.3 is 0 Å². The molecule has 0 radical (unpaired) electrons. The molecule has 1 aliphatic heterocycles. The van der Waals surface area contributed by atoms with Crippen molar-refractivity contribution in [3.05, 3.63) is 24.3 Å². The van der Waals surface area contributed by atoms with E-state index in [2.05, 4.69) is 0 Å². The van der Waals surface area contributed by atoms with E-state index in [0.717, 1.165) is 19.4 Å². The molecule has 0 bridgehead atoms. The monoisotopic (exact) mass is 194 g/mol. The zero-order valence-corrected chi connectivity index (χ0v) is 8.65. The summed E-state index contributed by atoms with van der Waals surface area (Å²) < 4.78 is 0. The van der Waals surface area contributed by atoms with Crippen molar-refractivity contribution in [1.29, 1.82) is 0 Å². The van der Waals surface area contributed by atoms with Crippen molar-refractivity contribution in [2.45, 2.75) is 25.8 Å². The quantitative estimate of drug-likeness (QED) is 0.539. The number of carbonyl (C=O) groups is 1. The van der Waals surface area contributed by atoms with Crippen molar-refractivity contribution < 1.29 is 4.79 Å². The minimum atomic E-state index is 0.0797. The summed E-state index contributed by atoms with van der Waals surface area (Å²) in [7, 11) is 0. The lowest BCUT2D eigenvalue weighted by Crippen LogP contribution is -2.38. The Morgan fingerprint density at radius 2 is 2.36 bits per heavy atom. The second-order valence-corrected chi connectivity index (χ2v) is 3.45. The van der Waals surface area contributed by atoms with Gasteiger partial charge in [-0.25, -0.2) is 0 Å². The second-order valence-electron chi connectivity index (χ2n) is 3.45. The van der Waals surface area contributed by atoms with Gasteiger partial charge < -0.3 is 10.6 Å². The first-order chi connectivity index (χ1) is 6.79. The Labute approximate surface area is 85.3 Å². The first-order valence-electron chi connectivity index (χ1n) is 5.09. The molecule has 0 aromatic carbocycles. The van der Waals surface area contributed by atoms with E-state index in [9.17, 15) is 4.79 Å². The SMILES string of the molecule is C/C=C/C=CC(=O)N1CCCC1CN. The molecule has 78 valence electrons. The molecule has 0 saturated carbocycles. The highest BCUT2D eigenvalue weighted by atomic mass is 16.2. The van der Waals surface area contributed by atoms with Crippen molar-refractivity contribution in [2.24, 2.45) is 5.73 Å². The van der Waals surface area contributed by atoms with E-state index < -0.39 is 0 Å². The number of nitrogens with zero attached hydrogens (tertiary/aromatic N) is 1. The van der Waals surface area contributed by atoms with Gasteiger partial charge in [0.1, 0.15) is 0 Å². The highest BCUT2D eigenvalue weighted by molar-refractivity contribution is 5.88. The molecule has 2 N–H and O–H groups in total. The number of likely N-dealkylation sites (tertiary alicyclic amines) is 1. The number of nitrogens with two attached hydrogens (primary N) is 1. The molecule has 1 heterocycles. The van der Waals surface area contributed by atoms with Gasteiger partial charge in [0.05, 0.1) is 0 Å². The normalized spacial score (nSPS) is 22.7. The van der Waals surface area contributed by atoms with Gasteiger partial charge in [-0.1, -0.05) is 18.2 Å². The summed E-state index contributed by atoms with van der Waals surface area (Å²) in [6.07, 6.45) is 9.24. The molecule has 0 aliphatic carbocycles. The standard InChI is InChI=1S/C11H18N2O/c1-2-3-4-7-11(14)13-8-5-6-10(13)9-12/h2-4,7,10H,5-6,8-9,12H2,1H3/b3-2+,7-4?. The third kappa shape index (κ3) is 2.70. The zero-order valence-electron chi connectivity index (χ0n) is 8.65. The minimum absolute atomic E-state index is 0.0797. The lowest BCUT2D eigenvalue weighted by atomic mass is 10.2. The van der Waals surface area contributed by atoms with Crippen LogP contribution in [0.4, 0.5) is 0 Å². The third-order valence-corrected chi connectivity index (χ3v) is 2.47. The molecule has 14 heavy (non-hydrogen) atoms. The molecule has 1 saturated heterocycles. The van der Waals surface area contributed by atoms with Crippen molar-refractivity contribution in [3.8, 4) is 0 Å². The van der Waals surface area contributed by atoms with Gasteiger partial charge in [0, 0.05) is 25.2 Å². The van der Waals surface area contributed by atoms with Gasteiger partial charge in [-0.2, -0.15) is 0 Å². The fourth-order valence-corrected chi connectivity index (χ4v) is 1.72. The summed E-state index contributed by atoms with van der Waals surface area (Å²) in [5, 5.41) is 0. The lowest BCUT2D eigenvalue weighted by molar-refractivity contribution is -0.126. The smallest absolute Gasteiger partial charge is 0.246 e. The van der Waals surface area contributed by atoms with E-state index in [4.69, 9.17) is 5.73 Å². The summed E-state index contributed by atoms with van der Waals surface area (Å²) in [4.78, 5) is 13.5. The van der Waals surface area contributed by atoms with Crippen LogP contribution in [0.25, 0.3) is 0 Å². The average Bonchev–Trinajstić information content (AvgIpc) is 2.65. The van der Waals surface area contributed by atoms with Crippen LogP contribution in [0.15, 0.2) is 24.3 Å². The van der Waals surface area contributed by atoms with Crippen molar-refractivity contribution in [2.75, 3.05) is 13.1 Å². The van der Waals surface area contributed by atoms with E-state index in [1.807, 2.05) is 24.0 Å². The lowest BCUT2D eigenvalue weighted by Gasteiger charge is -2.21. The Kier molecular flexibility index (Phi) is 4.40. The summed E-state index contributed by atoms with van der Waals surface area (Å²) in [6, 6.07) is 0.248. The number of hydrogen-bond donors (Lipinski definition) is 1. The number of amides is 1. The van der Waals surface area contributed by atoms with Crippen molar-refractivity contribution >= 4 is 5.91 Å². The molecule has 0 spiro atoms. The van der Waals surface area contributed by atoms with Gasteiger partial charge in [0.25, 0.3) is 0 Å². The zero-order chi connectivity index (χ0) is 10.4. The predicted octanol–water partition coefficient (Wildman–Crippen LogP) is 1.07. The molecule has 1 fully saturated rings. The maximum Gasteiger partial charge on any atom is 0.246 e. The largest absolute Gasteiger partial charge is 0.335 e. The maximum atomic E-state index is 11.6. The van der Waals surface area contributed by atoms with Crippen molar-refractivity contribution in [1.82, 2.24) is 4.90 Å². The molecule has 3 nitrogen and oxygen atoms in total. The molecular formula is C11H18N2O. The molecule has 1 amide bonds. The third-order valence-electron chi connectivity index (χ3n) is 2.47. The topological polar surface area (TPSA) is 46.3 Å². The predicted molar refractivity (Wildman–Crippen MR) is 57.7 cm³/mol. The molecule has 1 unspecified atom stereocenters. The van der Waals surface area contributed by atoms with Crippen LogP contribution in [0.2, 0.25) is 0 Å². The Bertz CT molecular complexity index is 246. The first-order valence-corrected chi connectivity index (χ1v) is 5.09. The molecule has 1 rings (SSSR count). The molecule has 1 aliphatic rings. The summed E-state index contributed by atoms with van der Waals surface area (Å²) >= 11 is 0. The summed E-state index contributed by atoms with van der Waals surface area (Å²) in [6.45, 7) is 3.34. The van der Waals surface area contributed by atoms with Crippen molar-refractivity contribution in [3.63, 3.8) is 0 Å². The Morgan fingerprint density at radius 1 is 1.57 bits per heavy atom. The van der Waals surface area contributed by atoms with Gasteiger partial charge in [-0.15, -0.1) is 0 Å². The van der Waals surface area contributed by atoms with Crippen LogP contribution in [0.3, 0.4) is 0 Å². The highest BCUT2D eigenvalue weighted by Gasteiger charge is 2.25. The Balaban J connectivity index is 2.51. The Morgan fingerprint density at radius 3 is 3.00 bits per heavy atom. The number of allylic oxidation sites excluding steroid dienone is 3. The molecule has 0 aromatic heterocycles. The molecule has 3 heteroatoms. The van der Waals surface area contributed by atoms with E-state index in [1.54, 1.807) is 12.2 Å². The van der Waals surface area contributed by atoms with E-state index in [0.29, 0.717) is 6.54 Å². The second kappa shape index (κ2) is 5.60. The Hall–Kier alpha value is -1.09. The van der Waals surface area contributed by atoms with Gasteiger partial charge in [-0.05, 0) is 19.8 Å². The van der Waals surface area contributed by atoms with Crippen LogP contribution < -0.4 is 5.73 Å². The number of hydrogen-bond acceptors (Lipinski definition) is 2. The van der Waals surface area contributed by atoms with Gasteiger partial charge in [0.15, 0.2) is 0 Å². The fourth-order valence-electron chi connectivity index (χ4n) is 1.72. The van der Waals surface area contributed by atoms with E-state index in [-0.39, 0.29) is 11.9 Å². The number of rotatable bonds is 3. The van der Waals surface area contributed by atoms with Gasteiger partial charge in [0.2, 0.25) is 5.91 Å². The van der Waals surface area contributed by atoms with Crippen LogP contribution in [0, 0.1) is 0 Å². The van der Waals surface area contributed by atoms with Gasteiger partial charge in [-0.3, -0.25) is 4.79 Å². The minimum Gasteiger partial charge on any atom is -0.335 e. The average molecular weight is 194 g/mol. The summed E-state index contributed by atoms with van der Waals surface area (Å²) in [5.74, 6) is 0.0797. The molecular weight excluding hydrogens is 176 g/mol. The maximum absolute atomic E-state index is 11.6. The molecule has 1 atom stereocenters. The summed E-state index contributed by atoms with van der Waals surface area (Å²) in [5.41, 5.74) is 5.58. The van der Waals surface area contributed by atoms with E-state index in [1.165, 1.54) is 0 Å². The van der Waals surface area contributed by atoms with Crippen LogP contribution in [0.5, 0.6) is 0 Å². The van der Waals surface area contributed by atoms with Crippen LogP contribution in [-0.2, 0) is 4.79 Å². The van der Waals surface area contributed by atoms with E-state index >= 15 is 0 Å². The number of carbonyl (C=O) groups excluding carboxylic acids is 1. The van der Waals surface area contributed by atoms with Crippen LogP contribution in [0.1, 0.15) is 19.8 Å². The first kappa shape index (κ1) is 11.0. The fraction of sp³-hybridized carbons (Fsp3) is 0.545. The van der Waals surface area contributed by atoms with Crippen LogP contribution >= 0.6 is 0 Å². The van der Waals surface area contributed by atoms with Crippen LogP contribution in [-0.4, -0.2) is 29.9 Å².